The van der Waals surface area contributed by atoms with Gasteiger partial charge in [-0.1, -0.05) is 44.0 Å². The highest BCUT2D eigenvalue weighted by atomic mass is 35.5. The molecule has 114 valence electrons. The van der Waals surface area contributed by atoms with E-state index in [1.54, 1.807) is 0 Å². The summed E-state index contributed by atoms with van der Waals surface area (Å²) in [6.45, 7) is 7.46. The van der Waals surface area contributed by atoms with Crippen molar-refractivity contribution in [3.8, 4) is 0 Å². The van der Waals surface area contributed by atoms with E-state index in [0.29, 0.717) is 23.7 Å². The van der Waals surface area contributed by atoms with Gasteiger partial charge in [-0.25, -0.2) is 13.1 Å². The summed E-state index contributed by atoms with van der Waals surface area (Å²) in [6.07, 6.45) is 0. The second-order valence-corrected chi connectivity index (χ2v) is 7.45. The van der Waals surface area contributed by atoms with E-state index in [9.17, 15) is 8.42 Å². The summed E-state index contributed by atoms with van der Waals surface area (Å²) in [5.41, 5.74) is 0.711. The van der Waals surface area contributed by atoms with Gasteiger partial charge in [0.2, 0.25) is 10.0 Å². The van der Waals surface area contributed by atoms with Crippen LogP contribution in [0.5, 0.6) is 0 Å². The molecule has 0 saturated heterocycles. The standard InChI is InChI=1S/C13H20Cl2N2O2S/c1-4-16-8-10-5-13(12(15)6-11(10)14)20(18,19)17-7-9(2)3/h5-6,9,16-17H,4,7-8H2,1-3H3. The molecule has 20 heavy (non-hydrogen) atoms. The number of hydrogen-bond acceptors (Lipinski definition) is 3. The second-order valence-electron chi connectivity index (χ2n) is 4.90. The fourth-order valence-corrected chi connectivity index (χ4v) is 3.60. The van der Waals surface area contributed by atoms with Crippen LogP contribution in [0.2, 0.25) is 10.0 Å². The molecule has 0 saturated carbocycles. The first-order chi connectivity index (χ1) is 9.27. The Morgan fingerprint density at radius 2 is 1.85 bits per heavy atom. The third-order valence-corrected chi connectivity index (χ3v) is 4.88. The normalized spacial score (nSPS) is 12.1. The molecule has 1 rings (SSSR count). The molecule has 0 aliphatic rings. The monoisotopic (exact) mass is 338 g/mol. The third-order valence-electron chi connectivity index (χ3n) is 2.64. The topological polar surface area (TPSA) is 58.2 Å². The van der Waals surface area contributed by atoms with Gasteiger partial charge in [-0.2, -0.15) is 0 Å². The number of nitrogens with one attached hydrogen (secondary N) is 2. The van der Waals surface area contributed by atoms with Gasteiger partial charge in [-0.15, -0.1) is 0 Å². The molecule has 0 aromatic heterocycles. The SMILES string of the molecule is CCNCc1cc(S(=O)(=O)NCC(C)C)c(Cl)cc1Cl. The average molecular weight is 339 g/mol. The van der Waals surface area contributed by atoms with Crippen molar-refractivity contribution in [2.24, 2.45) is 5.92 Å². The first kappa shape index (κ1) is 17.7. The van der Waals surface area contributed by atoms with Crippen molar-refractivity contribution < 1.29 is 8.42 Å². The lowest BCUT2D eigenvalue weighted by Gasteiger charge is -2.13. The van der Waals surface area contributed by atoms with E-state index in [2.05, 4.69) is 10.0 Å². The highest BCUT2D eigenvalue weighted by molar-refractivity contribution is 7.89. The van der Waals surface area contributed by atoms with Crippen LogP contribution in [0.1, 0.15) is 26.3 Å². The zero-order valence-electron chi connectivity index (χ0n) is 11.8. The number of rotatable bonds is 7. The van der Waals surface area contributed by atoms with Crippen LogP contribution in [0.25, 0.3) is 0 Å². The first-order valence-electron chi connectivity index (χ1n) is 6.46. The molecule has 0 atom stereocenters. The van der Waals surface area contributed by atoms with Crippen molar-refractivity contribution in [1.29, 1.82) is 0 Å². The van der Waals surface area contributed by atoms with Crippen LogP contribution in [-0.4, -0.2) is 21.5 Å². The van der Waals surface area contributed by atoms with E-state index in [1.807, 2.05) is 20.8 Å². The average Bonchev–Trinajstić information content (AvgIpc) is 2.35. The molecule has 0 radical (unpaired) electrons. The summed E-state index contributed by atoms with van der Waals surface area (Å²) in [6, 6.07) is 3.00. The maximum absolute atomic E-state index is 12.2. The molecule has 0 fully saturated rings. The summed E-state index contributed by atoms with van der Waals surface area (Å²) < 4.78 is 27.0. The quantitative estimate of drug-likeness (QED) is 0.803. The number of sulfonamides is 1. The molecule has 0 aliphatic heterocycles. The molecule has 4 nitrogen and oxygen atoms in total. The van der Waals surface area contributed by atoms with E-state index in [1.165, 1.54) is 12.1 Å². The van der Waals surface area contributed by atoms with Gasteiger partial charge in [0.25, 0.3) is 0 Å². The Balaban J connectivity index is 3.10. The van der Waals surface area contributed by atoms with Crippen molar-refractivity contribution in [3.63, 3.8) is 0 Å². The van der Waals surface area contributed by atoms with Crippen molar-refractivity contribution >= 4 is 33.2 Å². The molecule has 0 spiro atoms. The zero-order chi connectivity index (χ0) is 15.3. The Bertz CT molecular complexity index is 560. The van der Waals surface area contributed by atoms with Gasteiger partial charge in [0.05, 0.1) is 5.02 Å². The largest absolute Gasteiger partial charge is 0.313 e. The molecule has 0 unspecified atom stereocenters. The minimum atomic E-state index is -3.62. The summed E-state index contributed by atoms with van der Waals surface area (Å²) in [4.78, 5) is 0.0668. The Morgan fingerprint density at radius 3 is 2.40 bits per heavy atom. The predicted molar refractivity (Wildman–Crippen MR) is 83.9 cm³/mol. The number of halogens is 2. The molecule has 2 N–H and O–H groups in total. The fourth-order valence-electron chi connectivity index (χ4n) is 1.53. The van der Waals surface area contributed by atoms with E-state index in [0.717, 1.165) is 6.54 Å². The molecular weight excluding hydrogens is 319 g/mol. The van der Waals surface area contributed by atoms with Crippen LogP contribution in [0.4, 0.5) is 0 Å². The highest BCUT2D eigenvalue weighted by Crippen LogP contribution is 2.28. The van der Waals surface area contributed by atoms with Crippen LogP contribution in [0.15, 0.2) is 17.0 Å². The van der Waals surface area contributed by atoms with E-state index < -0.39 is 10.0 Å². The van der Waals surface area contributed by atoms with Crippen LogP contribution < -0.4 is 10.0 Å². The Morgan fingerprint density at radius 1 is 1.20 bits per heavy atom. The molecule has 1 aromatic carbocycles. The van der Waals surface area contributed by atoms with Crippen LogP contribution in [0, 0.1) is 5.92 Å². The van der Waals surface area contributed by atoms with Crippen LogP contribution in [-0.2, 0) is 16.6 Å². The smallest absolute Gasteiger partial charge is 0.242 e. The van der Waals surface area contributed by atoms with Crippen molar-refractivity contribution in [3.05, 3.63) is 27.7 Å². The molecule has 1 aromatic rings. The Kier molecular flexibility index (Phi) is 6.75. The Labute approximate surface area is 130 Å². The Hall–Kier alpha value is -0.330. The summed E-state index contributed by atoms with van der Waals surface area (Å²) in [7, 11) is -3.62. The van der Waals surface area contributed by atoms with E-state index in [4.69, 9.17) is 23.2 Å². The lowest BCUT2D eigenvalue weighted by Crippen LogP contribution is -2.28. The van der Waals surface area contributed by atoms with Gasteiger partial charge in [-0.3, -0.25) is 0 Å². The lowest BCUT2D eigenvalue weighted by molar-refractivity contribution is 0.560. The lowest BCUT2D eigenvalue weighted by atomic mass is 10.2. The fraction of sp³-hybridized carbons (Fsp3) is 0.538. The molecule has 7 heteroatoms. The molecule has 0 heterocycles. The highest BCUT2D eigenvalue weighted by Gasteiger charge is 2.20. The van der Waals surface area contributed by atoms with Gasteiger partial charge in [0.15, 0.2) is 0 Å². The molecule has 0 bridgehead atoms. The molecular formula is C13H20Cl2N2O2S. The second kappa shape index (κ2) is 7.61. The maximum Gasteiger partial charge on any atom is 0.242 e. The summed E-state index contributed by atoms with van der Waals surface area (Å²) >= 11 is 12.1. The zero-order valence-corrected chi connectivity index (χ0v) is 14.2. The van der Waals surface area contributed by atoms with Crippen molar-refractivity contribution in [2.45, 2.75) is 32.2 Å². The molecule has 0 amide bonds. The molecule has 0 aliphatic carbocycles. The maximum atomic E-state index is 12.2. The minimum absolute atomic E-state index is 0.0668. The predicted octanol–water partition coefficient (Wildman–Crippen LogP) is 3.04. The van der Waals surface area contributed by atoms with Crippen molar-refractivity contribution in [2.75, 3.05) is 13.1 Å². The van der Waals surface area contributed by atoms with E-state index >= 15 is 0 Å². The van der Waals surface area contributed by atoms with Gasteiger partial charge in [0, 0.05) is 18.1 Å². The van der Waals surface area contributed by atoms with E-state index in [-0.39, 0.29) is 15.8 Å². The van der Waals surface area contributed by atoms with Crippen LogP contribution in [0.3, 0.4) is 0 Å². The van der Waals surface area contributed by atoms with Gasteiger partial charge < -0.3 is 5.32 Å². The van der Waals surface area contributed by atoms with Crippen LogP contribution >= 0.6 is 23.2 Å². The van der Waals surface area contributed by atoms with Gasteiger partial charge in [0.1, 0.15) is 4.90 Å². The number of benzene rings is 1. The van der Waals surface area contributed by atoms with Gasteiger partial charge in [-0.05, 0) is 30.2 Å². The van der Waals surface area contributed by atoms with Crippen molar-refractivity contribution in [1.82, 2.24) is 10.0 Å². The van der Waals surface area contributed by atoms with Gasteiger partial charge >= 0.3 is 0 Å². The third kappa shape index (κ3) is 4.90. The first-order valence-corrected chi connectivity index (χ1v) is 8.70. The minimum Gasteiger partial charge on any atom is -0.313 e. The summed E-state index contributed by atoms with van der Waals surface area (Å²) in [5, 5.41) is 3.70. The number of hydrogen-bond donors (Lipinski definition) is 2. The summed E-state index contributed by atoms with van der Waals surface area (Å²) in [5.74, 6) is 0.220.